The summed E-state index contributed by atoms with van der Waals surface area (Å²) in [4.78, 5) is 12.9. The van der Waals surface area contributed by atoms with E-state index in [4.69, 9.17) is 0 Å². The molecule has 2 aromatic rings. The van der Waals surface area contributed by atoms with E-state index in [1.54, 1.807) is 12.1 Å². The quantitative estimate of drug-likeness (QED) is 0.772. The fraction of sp³-hybridized carbons (Fsp3) is 0.286. The van der Waals surface area contributed by atoms with E-state index in [9.17, 15) is 25.5 Å². The van der Waals surface area contributed by atoms with Gasteiger partial charge in [0.05, 0.1) is 11.1 Å². The summed E-state index contributed by atoms with van der Waals surface area (Å²) in [5, 5.41) is 42.1. The van der Waals surface area contributed by atoms with Gasteiger partial charge >= 0.3 is 0 Å². The molecule has 0 heterocycles. The highest BCUT2D eigenvalue weighted by molar-refractivity contribution is 6.02. The van der Waals surface area contributed by atoms with Gasteiger partial charge in [-0.25, -0.2) is 0 Å². The van der Waals surface area contributed by atoms with Crippen LogP contribution in [0.3, 0.4) is 0 Å². The molecule has 3 rings (SSSR count). The highest BCUT2D eigenvalue weighted by atomic mass is 16.3. The van der Waals surface area contributed by atoms with Crippen LogP contribution in [-0.4, -0.2) is 22.2 Å². The number of carbonyl (C=O) groups excluding carboxylic acids is 1. The van der Waals surface area contributed by atoms with Crippen LogP contribution in [0, 0.1) is 22.7 Å². The number of rotatable bonds is 3. The zero-order valence-corrected chi connectivity index (χ0v) is 14.7. The molecule has 1 fully saturated rings. The summed E-state index contributed by atoms with van der Waals surface area (Å²) < 4.78 is 0. The number of amides is 1. The Bertz CT molecular complexity index is 964. The lowest BCUT2D eigenvalue weighted by Gasteiger charge is -2.23. The molecule has 0 spiro atoms. The minimum atomic E-state index is -0.561. The van der Waals surface area contributed by atoms with E-state index in [1.165, 1.54) is 18.2 Å². The molecule has 1 aliphatic rings. The largest absolute Gasteiger partial charge is 0.508 e. The fourth-order valence-corrected chi connectivity index (χ4v) is 3.50. The molecule has 0 aromatic heterocycles. The van der Waals surface area contributed by atoms with Crippen LogP contribution in [-0.2, 0) is 0 Å². The maximum absolute atomic E-state index is 12.9. The molecule has 27 heavy (non-hydrogen) atoms. The van der Waals surface area contributed by atoms with E-state index < -0.39 is 11.7 Å². The van der Waals surface area contributed by atoms with Gasteiger partial charge in [-0.15, -0.1) is 0 Å². The number of phenols is 2. The number of benzene rings is 2. The maximum Gasteiger partial charge on any atom is 0.256 e. The van der Waals surface area contributed by atoms with Gasteiger partial charge in [0.25, 0.3) is 5.91 Å². The van der Waals surface area contributed by atoms with Crippen LogP contribution in [0.1, 0.15) is 53.6 Å². The molecule has 0 saturated heterocycles. The standard InChI is InChI=1S/C21H19N3O3/c22-11-14-10-17(13-5-4-8-16(25)9-13)18(12-23)19(20(14)26)21(27)24-15-6-2-1-3-7-15/h4-5,8-10,15,25-26H,1-3,6-7H2,(H,24,27). The molecule has 0 radical (unpaired) electrons. The molecule has 1 amide bonds. The van der Waals surface area contributed by atoms with Gasteiger partial charge in [0.2, 0.25) is 0 Å². The molecule has 6 nitrogen and oxygen atoms in total. The van der Waals surface area contributed by atoms with Crippen LogP contribution in [0.5, 0.6) is 11.5 Å². The summed E-state index contributed by atoms with van der Waals surface area (Å²) in [6.45, 7) is 0. The molecule has 2 aromatic carbocycles. The number of phenolic OH excluding ortho intramolecular Hbond substituents is 2. The average molecular weight is 361 g/mol. The lowest BCUT2D eigenvalue weighted by Crippen LogP contribution is -2.36. The number of nitrogens with zero attached hydrogens (tertiary/aromatic N) is 2. The van der Waals surface area contributed by atoms with Crippen molar-refractivity contribution >= 4 is 5.91 Å². The summed E-state index contributed by atoms with van der Waals surface area (Å²) in [5.41, 5.74) is 0.485. The minimum Gasteiger partial charge on any atom is -0.508 e. The molecule has 3 N–H and O–H groups in total. The van der Waals surface area contributed by atoms with Crippen molar-refractivity contribution in [3.8, 4) is 34.8 Å². The molecule has 0 bridgehead atoms. The van der Waals surface area contributed by atoms with Gasteiger partial charge in [-0.05, 0) is 36.6 Å². The molecule has 136 valence electrons. The lowest BCUT2D eigenvalue weighted by atomic mass is 9.91. The number of nitriles is 2. The third kappa shape index (κ3) is 3.70. The van der Waals surface area contributed by atoms with Crippen LogP contribution in [0.2, 0.25) is 0 Å². The Morgan fingerprint density at radius 2 is 1.81 bits per heavy atom. The Hall–Kier alpha value is -3.51. The predicted molar refractivity (Wildman–Crippen MR) is 99.0 cm³/mol. The summed E-state index contributed by atoms with van der Waals surface area (Å²) in [7, 11) is 0. The van der Waals surface area contributed by atoms with E-state index in [0.29, 0.717) is 11.1 Å². The van der Waals surface area contributed by atoms with Gasteiger partial charge in [-0.1, -0.05) is 31.4 Å². The predicted octanol–water partition coefficient (Wildman–Crippen LogP) is 3.57. The Kier molecular flexibility index (Phi) is 5.28. The van der Waals surface area contributed by atoms with Crippen molar-refractivity contribution in [1.29, 1.82) is 10.5 Å². The first-order chi connectivity index (χ1) is 13.0. The first-order valence-corrected chi connectivity index (χ1v) is 8.85. The first kappa shape index (κ1) is 18.3. The summed E-state index contributed by atoms with van der Waals surface area (Å²) in [5.74, 6) is -1.06. The van der Waals surface area contributed by atoms with Crippen LogP contribution in [0.4, 0.5) is 0 Å². The normalized spacial score (nSPS) is 14.1. The van der Waals surface area contributed by atoms with Gasteiger partial charge in [0, 0.05) is 11.6 Å². The van der Waals surface area contributed by atoms with Crippen molar-refractivity contribution in [2.24, 2.45) is 0 Å². The second kappa shape index (κ2) is 7.80. The number of carbonyl (C=O) groups is 1. The lowest BCUT2D eigenvalue weighted by molar-refractivity contribution is 0.0924. The van der Waals surface area contributed by atoms with E-state index in [1.807, 2.05) is 12.1 Å². The Morgan fingerprint density at radius 3 is 2.44 bits per heavy atom. The summed E-state index contributed by atoms with van der Waals surface area (Å²) in [6.07, 6.45) is 4.88. The van der Waals surface area contributed by atoms with E-state index >= 15 is 0 Å². The molecular formula is C21H19N3O3. The maximum atomic E-state index is 12.9. The molecule has 0 atom stereocenters. The third-order valence-electron chi connectivity index (χ3n) is 4.86. The Labute approximate surface area is 157 Å². The zero-order valence-electron chi connectivity index (χ0n) is 14.7. The van der Waals surface area contributed by atoms with Crippen molar-refractivity contribution < 1.29 is 15.0 Å². The van der Waals surface area contributed by atoms with Gasteiger partial charge < -0.3 is 15.5 Å². The molecule has 1 aliphatic carbocycles. The smallest absolute Gasteiger partial charge is 0.256 e. The number of hydrogen-bond acceptors (Lipinski definition) is 5. The SMILES string of the molecule is N#Cc1cc(-c2cccc(O)c2)c(C#N)c(C(=O)NC2CCCCC2)c1O. The van der Waals surface area contributed by atoms with Crippen LogP contribution < -0.4 is 5.32 Å². The van der Waals surface area contributed by atoms with Gasteiger partial charge in [0.15, 0.2) is 0 Å². The minimum absolute atomic E-state index is 0.00354. The Morgan fingerprint density at radius 1 is 1.07 bits per heavy atom. The molecule has 6 heteroatoms. The average Bonchev–Trinajstić information content (AvgIpc) is 2.68. The summed E-state index contributed by atoms with van der Waals surface area (Å²) >= 11 is 0. The second-order valence-corrected chi connectivity index (χ2v) is 6.65. The monoisotopic (exact) mass is 361 g/mol. The van der Waals surface area contributed by atoms with E-state index in [-0.39, 0.29) is 28.5 Å². The molecule has 0 unspecified atom stereocenters. The van der Waals surface area contributed by atoms with Gasteiger partial charge in [-0.3, -0.25) is 4.79 Å². The van der Waals surface area contributed by atoms with Gasteiger partial charge in [-0.2, -0.15) is 10.5 Å². The van der Waals surface area contributed by atoms with Crippen LogP contribution in [0.25, 0.3) is 11.1 Å². The highest BCUT2D eigenvalue weighted by Crippen LogP contribution is 2.35. The highest BCUT2D eigenvalue weighted by Gasteiger charge is 2.26. The summed E-state index contributed by atoms with van der Waals surface area (Å²) in [6, 6.07) is 11.4. The van der Waals surface area contributed by atoms with Crippen molar-refractivity contribution in [2.75, 3.05) is 0 Å². The van der Waals surface area contributed by atoms with Crippen molar-refractivity contribution in [3.05, 3.63) is 47.0 Å². The van der Waals surface area contributed by atoms with E-state index in [2.05, 4.69) is 5.32 Å². The van der Waals surface area contributed by atoms with Gasteiger partial charge in [0.1, 0.15) is 29.2 Å². The van der Waals surface area contributed by atoms with Crippen LogP contribution in [0.15, 0.2) is 30.3 Å². The zero-order chi connectivity index (χ0) is 19.4. The molecule has 0 aliphatic heterocycles. The number of hydrogen-bond donors (Lipinski definition) is 3. The second-order valence-electron chi connectivity index (χ2n) is 6.65. The molecule has 1 saturated carbocycles. The number of nitrogens with one attached hydrogen (secondary N) is 1. The Balaban J connectivity index is 2.12. The van der Waals surface area contributed by atoms with Crippen molar-refractivity contribution in [3.63, 3.8) is 0 Å². The number of aromatic hydroxyl groups is 2. The topological polar surface area (TPSA) is 117 Å². The fourth-order valence-electron chi connectivity index (χ4n) is 3.50. The van der Waals surface area contributed by atoms with Crippen LogP contribution >= 0.6 is 0 Å². The third-order valence-corrected chi connectivity index (χ3v) is 4.86. The first-order valence-electron chi connectivity index (χ1n) is 8.85. The van der Waals surface area contributed by atoms with Crippen molar-refractivity contribution in [1.82, 2.24) is 5.32 Å². The molecular weight excluding hydrogens is 342 g/mol. The van der Waals surface area contributed by atoms with Crippen molar-refractivity contribution in [2.45, 2.75) is 38.1 Å². The van der Waals surface area contributed by atoms with E-state index in [0.717, 1.165) is 32.1 Å².